The average Bonchev–Trinajstić information content (AvgIpc) is 3.02. The number of ketones is 4. The quantitative estimate of drug-likeness (QED) is 0.174. The number of Topliss-reactive ketones (excluding diaryl/α,β-unsaturated/α-hetero) is 2. The number of phenolic OH excluding ortho intramolecular Hbond substituents is 2. The van der Waals surface area contributed by atoms with Crippen LogP contribution in [0.15, 0.2) is 18.2 Å². The largest absolute Gasteiger partial charge is 0.507 e. The lowest BCUT2D eigenvalue weighted by atomic mass is 9.72. The van der Waals surface area contributed by atoms with E-state index in [9.17, 15) is 49.5 Å². The molecular formula is C32H35NO14. The number of rotatable bonds is 9. The van der Waals surface area contributed by atoms with Crippen molar-refractivity contribution in [3.8, 4) is 17.2 Å². The minimum atomic E-state index is -2.34. The summed E-state index contributed by atoms with van der Waals surface area (Å²) in [6.45, 7) is 1.56. The number of aliphatic hydroxyl groups is 3. The van der Waals surface area contributed by atoms with Gasteiger partial charge in [0.2, 0.25) is 5.78 Å². The van der Waals surface area contributed by atoms with Crippen molar-refractivity contribution in [2.45, 2.75) is 75.8 Å². The van der Waals surface area contributed by atoms with Crippen LogP contribution < -0.4 is 10.1 Å². The first-order valence-corrected chi connectivity index (χ1v) is 14.9. The van der Waals surface area contributed by atoms with Crippen LogP contribution in [0.5, 0.6) is 17.2 Å². The molecule has 0 saturated carbocycles. The van der Waals surface area contributed by atoms with E-state index in [1.165, 1.54) is 39.2 Å². The molecule has 1 aliphatic heterocycles. The fourth-order valence-corrected chi connectivity index (χ4v) is 6.34. The fourth-order valence-electron chi connectivity index (χ4n) is 6.34. The first-order chi connectivity index (χ1) is 22.2. The predicted octanol–water partition coefficient (Wildman–Crippen LogP) is 0.748. The SMILES string of the molecule is COc1cccc2c1C(=O)c1c(O)c3c(c(O)c1C2=O)C[C@@](O)(C(=O)CO)C[C@@H]3O[C@H]1C[C@H](NC(=O)OCCC(C)=O)[C@H](O)[C@H](C)O1. The number of aromatic hydroxyl groups is 2. The number of carbonyl (C=O) groups excluding carboxylic acids is 5. The van der Waals surface area contributed by atoms with Gasteiger partial charge in [0, 0.05) is 42.4 Å². The van der Waals surface area contributed by atoms with E-state index >= 15 is 0 Å². The average molecular weight is 658 g/mol. The van der Waals surface area contributed by atoms with Crippen molar-refractivity contribution >= 4 is 29.2 Å². The topological polar surface area (TPSA) is 235 Å². The molecule has 2 aromatic rings. The van der Waals surface area contributed by atoms with E-state index in [-0.39, 0.29) is 53.2 Å². The van der Waals surface area contributed by atoms with Gasteiger partial charge in [-0.2, -0.15) is 0 Å². The number of methoxy groups -OCH3 is 1. The minimum absolute atomic E-state index is 0.00500. The van der Waals surface area contributed by atoms with Gasteiger partial charge in [0.15, 0.2) is 17.9 Å². The summed E-state index contributed by atoms with van der Waals surface area (Å²) in [5.41, 5.74) is -4.10. The number of nitrogens with one attached hydrogen (secondary N) is 1. The molecule has 15 nitrogen and oxygen atoms in total. The molecule has 0 spiro atoms. The van der Waals surface area contributed by atoms with Crippen molar-refractivity contribution in [3.05, 3.63) is 51.6 Å². The lowest BCUT2D eigenvalue weighted by molar-refractivity contribution is -0.249. The summed E-state index contributed by atoms with van der Waals surface area (Å²) in [5.74, 6) is -4.31. The van der Waals surface area contributed by atoms with E-state index in [4.69, 9.17) is 18.9 Å². The molecule has 2 aromatic carbocycles. The molecule has 15 heteroatoms. The predicted molar refractivity (Wildman–Crippen MR) is 157 cm³/mol. The first kappa shape index (κ1) is 33.9. The smallest absolute Gasteiger partial charge is 0.407 e. The molecule has 6 atom stereocenters. The number of phenols is 2. The second kappa shape index (κ2) is 13.0. The third-order valence-electron chi connectivity index (χ3n) is 8.75. The van der Waals surface area contributed by atoms with Crippen LogP contribution >= 0.6 is 0 Å². The van der Waals surface area contributed by atoms with Crippen molar-refractivity contribution in [1.82, 2.24) is 5.32 Å². The van der Waals surface area contributed by atoms with E-state index in [0.29, 0.717) is 0 Å². The Labute approximate surface area is 268 Å². The van der Waals surface area contributed by atoms with Crippen LogP contribution in [0.2, 0.25) is 0 Å². The Bertz CT molecular complexity index is 1650. The van der Waals surface area contributed by atoms with Crippen molar-refractivity contribution in [3.63, 3.8) is 0 Å². The van der Waals surface area contributed by atoms with Gasteiger partial charge < -0.3 is 49.8 Å². The highest BCUT2D eigenvalue weighted by atomic mass is 16.7. The van der Waals surface area contributed by atoms with Crippen molar-refractivity contribution in [2.75, 3.05) is 20.3 Å². The Morgan fingerprint density at radius 1 is 1.09 bits per heavy atom. The van der Waals surface area contributed by atoms with E-state index in [1.807, 2.05) is 0 Å². The maximum atomic E-state index is 13.8. The molecule has 0 aromatic heterocycles. The maximum absolute atomic E-state index is 13.8. The van der Waals surface area contributed by atoms with E-state index < -0.39 is 102 Å². The van der Waals surface area contributed by atoms with Crippen LogP contribution in [-0.2, 0) is 30.2 Å². The van der Waals surface area contributed by atoms with Crippen LogP contribution in [0, 0.1) is 0 Å². The van der Waals surface area contributed by atoms with Crippen LogP contribution in [0.1, 0.15) is 82.2 Å². The van der Waals surface area contributed by atoms with Gasteiger partial charge in [-0.3, -0.25) is 19.2 Å². The Morgan fingerprint density at radius 3 is 2.45 bits per heavy atom. The Hall–Kier alpha value is -4.41. The van der Waals surface area contributed by atoms with Gasteiger partial charge >= 0.3 is 6.09 Å². The lowest BCUT2D eigenvalue weighted by Crippen LogP contribution is -2.56. The summed E-state index contributed by atoms with van der Waals surface area (Å²) in [5, 5.41) is 57.3. The van der Waals surface area contributed by atoms with E-state index in [0.717, 1.165) is 0 Å². The van der Waals surface area contributed by atoms with Crippen LogP contribution in [0.3, 0.4) is 0 Å². The molecule has 47 heavy (non-hydrogen) atoms. The third-order valence-corrected chi connectivity index (χ3v) is 8.75. The van der Waals surface area contributed by atoms with Crippen LogP contribution in [0.25, 0.3) is 0 Å². The fraction of sp³-hybridized carbons (Fsp3) is 0.469. The highest BCUT2D eigenvalue weighted by Crippen LogP contribution is 2.52. The molecule has 0 radical (unpaired) electrons. The first-order valence-electron chi connectivity index (χ1n) is 14.9. The number of hydrogen-bond acceptors (Lipinski definition) is 14. The zero-order valence-electron chi connectivity index (χ0n) is 25.8. The van der Waals surface area contributed by atoms with Crippen molar-refractivity contribution < 1.29 is 68.5 Å². The van der Waals surface area contributed by atoms with Crippen LogP contribution in [-0.4, -0.2) is 105 Å². The Kier molecular flexibility index (Phi) is 9.39. The Balaban J connectivity index is 1.54. The summed E-state index contributed by atoms with van der Waals surface area (Å²) >= 11 is 0. The minimum Gasteiger partial charge on any atom is -0.507 e. The second-order valence-electron chi connectivity index (χ2n) is 11.8. The number of hydrogen-bond donors (Lipinski definition) is 6. The molecular weight excluding hydrogens is 622 g/mol. The zero-order chi connectivity index (χ0) is 34.4. The van der Waals surface area contributed by atoms with E-state index in [1.54, 1.807) is 0 Å². The summed E-state index contributed by atoms with van der Waals surface area (Å²) in [6, 6.07) is 3.29. The van der Waals surface area contributed by atoms with Crippen molar-refractivity contribution in [2.24, 2.45) is 0 Å². The number of amides is 1. The normalized spacial score (nSPS) is 26.5. The monoisotopic (exact) mass is 657 g/mol. The molecule has 252 valence electrons. The summed E-state index contributed by atoms with van der Waals surface area (Å²) in [6.07, 6.45) is -7.25. The number of fused-ring (bicyclic) bond motifs is 3. The van der Waals surface area contributed by atoms with Gasteiger partial charge in [-0.1, -0.05) is 12.1 Å². The van der Waals surface area contributed by atoms with Gasteiger partial charge in [-0.15, -0.1) is 0 Å². The number of ether oxygens (including phenoxy) is 4. The molecule has 0 bridgehead atoms. The molecule has 1 amide bonds. The number of aliphatic hydroxyl groups excluding tert-OH is 2. The summed E-state index contributed by atoms with van der Waals surface area (Å²) in [4.78, 5) is 63.7. The van der Waals surface area contributed by atoms with Crippen molar-refractivity contribution in [1.29, 1.82) is 0 Å². The Morgan fingerprint density at radius 2 is 1.79 bits per heavy atom. The third kappa shape index (κ3) is 6.07. The molecule has 5 rings (SSSR count). The summed E-state index contributed by atoms with van der Waals surface area (Å²) in [7, 11) is 1.30. The van der Waals surface area contributed by atoms with Crippen LogP contribution in [0.4, 0.5) is 4.79 Å². The molecule has 6 N–H and O–H groups in total. The van der Waals surface area contributed by atoms with Gasteiger partial charge in [0.1, 0.15) is 48.0 Å². The molecule has 0 unspecified atom stereocenters. The van der Waals surface area contributed by atoms with Gasteiger partial charge in [0.05, 0.1) is 42.0 Å². The standard InChI is InChI=1S/C32H35NO14/c1-13(35)7-8-45-31(42)33-17-9-21(46-14(2)26(17)37)47-19-11-32(43,20(36)12-34)10-16-23(19)30(41)25-24(28(16)39)27(38)15-5-4-6-18(44-3)22(15)29(25)40/h4-6,14,17,19,21,26,34,37,39,41,43H,7-12H2,1-3H3,(H,33,42)/t14-,17-,19-,21-,26+,32-/m0/s1. The zero-order valence-corrected chi connectivity index (χ0v) is 25.8. The van der Waals surface area contributed by atoms with E-state index in [2.05, 4.69) is 5.32 Å². The number of carbonyl (C=O) groups is 5. The number of benzene rings is 2. The lowest BCUT2D eigenvalue weighted by Gasteiger charge is -2.42. The number of alkyl carbamates (subject to hydrolysis) is 1. The molecule has 1 fully saturated rings. The molecule has 3 aliphatic rings. The van der Waals surface area contributed by atoms with Gasteiger partial charge in [-0.25, -0.2) is 4.79 Å². The van der Waals surface area contributed by atoms with Gasteiger partial charge in [0.25, 0.3) is 0 Å². The maximum Gasteiger partial charge on any atom is 0.407 e. The molecule has 1 heterocycles. The highest BCUT2D eigenvalue weighted by Gasteiger charge is 2.50. The highest BCUT2D eigenvalue weighted by molar-refractivity contribution is 6.31. The van der Waals surface area contributed by atoms with Gasteiger partial charge in [-0.05, 0) is 19.9 Å². The molecule has 1 saturated heterocycles. The molecule has 2 aliphatic carbocycles. The summed E-state index contributed by atoms with van der Waals surface area (Å²) < 4.78 is 22.2. The second-order valence-corrected chi connectivity index (χ2v) is 11.8.